The summed E-state index contributed by atoms with van der Waals surface area (Å²) >= 11 is 6.16. The Morgan fingerprint density at radius 1 is 1.18 bits per heavy atom. The standard InChI is InChI=1S/C28H43ClN4O6/c1-16(2)11-21(26(37)33-14-19(34)13-22(33)27(38)32(8)17(3)4)30-25(36)20-12-18(29)9-10-23(20)39-15-24(35)31-28(5,6)7/h9-10,12,16-17,19,21-22,34H,11,13-15H2,1-8H3,(H,30,36)(H,31,35)/t19-,21+,22+/m0/s1. The molecule has 39 heavy (non-hydrogen) atoms. The summed E-state index contributed by atoms with van der Waals surface area (Å²) in [5.41, 5.74) is -0.376. The first-order valence-electron chi connectivity index (χ1n) is 13.3. The molecule has 0 aliphatic carbocycles. The van der Waals surface area contributed by atoms with Crippen molar-refractivity contribution < 1.29 is 29.0 Å². The maximum atomic E-state index is 13.7. The van der Waals surface area contributed by atoms with Crippen LogP contribution in [0.1, 0.15) is 71.7 Å². The lowest BCUT2D eigenvalue weighted by atomic mass is 10.0. The maximum absolute atomic E-state index is 13.7. The van der Waals surface area contributed by atoms with Crippen molar-refractivity contribution in [1.29, 1.82) is 0 Å². The van der Waals surface area contributed by atoms with Crippen LogP contribution in [0.5, 0.6) is 5.75 Å². The second-order valence-electron chi connectivity index (χ2n) is 11.8. The van der Waals surface area contributed by atoms with Gasteiger partial charge in [0.1, 0.15) is 17.8 Å². The van der Waals surface area contributed by atoms with Crippen molar-refractivity contribution in [2.24, 2.45) is 5.92 Å². The van der Waals surface area contributed by atoms with Crippen LogP contribution in [-0.4, -0.2) is 88.5 Å². The Kier molecular flexibility index (Phi) is 11.2. The van der Waals surface area contributed by atoms with Crippen LogP contribution >= 0.6 is 11.6 Å². The van der Waals surface area contributed by atoms with E-state index in [0.29, 0.717) is 6.42 Å². The number of nitrogens with zero attached hydrogens (tertiary/aromatic N) is 2. The first-order chi connectivity index (χ1) is 18.0. The predicted molar refractivity (Wildman–Crippen MR) is 150 cm³/mol. The molecule has 0 saturated carbocycles. The zero-order valence-corrected chi connectivity index (χ0v) is 25.0. The van der Waals surface area contributed by atoms with E-state index in [1.807, 2.05) is 48.5 Å². The SMILES string of the molecule is CC(C)C[C@@H](NC(=O)c1cc(Cl)ccc1OCC(=O)NC(C)(C)C)C(=O)N1C[C@@H](O)C[C@@H]1C(=O)N(C)C(C)C. The van der Waals surface area contributed by atoms with Crippen molar-refractivity contribution in [3.63, 3.8) is 0 Å². The Morgan fingerprint density at radius 3 is 2.38 bits per heavy atom. The summed E-state index contributed by atoms with van der Waals surface area (Å²) in [6.45, 7) is 12.8. The zero-order valence-electron chi connectivity index (χ0n) is 24.2. The van der Waals surface area contributed by atoms with E-state index >= 15 is 0 Å². The Labute approximate surface area is 236 Å². The first-order valence-corrected chi connectivity index (χ1v) is 13.7. The van der Waals surface area contributed by atoms with Gasteiger partial charge in [-0.1, -0.05) is 25.4 Å². The van der Waals surface area contributed by atoms with Crippen LogP contribution in [-0.2, 0) is 14.4 Å². The molecule has 1 fully saturated rings. The molecule has 3 atom stereocenters. The average Bonchev–Trinajstić information content (AvgIpc) is 3.21. The number of hydrogen-bond donors (Lipinski definition) is 3. The number of hydrogen-bond acceptors (Lipinski definition) is 6. The molecule has 1 saturated heterocycles. The molecule has 1 aromatic carbocycles. The van der Waals surface area contributed by atoms with Crippen molar-refractivity contribution in [2.45, 2.75) is 91.1 Å². The van der Waals surface area contributed by atoms with Crippen molar-refractivity contribution in [2.75, 3.05) is 20.2 Å². The Hall–Kier alpha value is -2.85. The molecule has 3 N–H and O–H groups in total. The van der Waals surface area contributed by atoms with Crippen LogP contribution < -0.4 is 15.4 Å². The van der Waals surface area contributed by atoms with E-state index in [0.717, 1.165) is 0 Å². The van der Waals surface area contributed by atoms with E-state index in [-0.39, 0.29) is 59.7 Å². The number of likely N-dealkylation sites (N-methyl/N-ethyl adjacent to an activating group) is 1. The molecule has 0 spiro atoms. The highest BCUT2D eigenvalue weighted by Gasteiger charge is 2.43. The summed E-state index contributed by atoms with van der Waals surface area (Å²) < 4.78 is 5.65. The topological polar surface area (TPSA) is 128 Å². The molecule has 1 aromatic rings. The fraction of sp³-hybridized carbons (Fsp3) is 0.643. The number of halogens is 1. The van der Waals surface area contributed by atoms with E-state index in [4.69, 9.17) is 16.3 Å². The minimum absolute atomic E-state index is 0.0000552. The van der Waals surface area contributed by atoms with E-state index in [2.05, 4.69) is 10.6 Å². The highest BCUT2D eigenvalue weighted by Crippen LogP contribution is 2.26. The van der Waals surface area contributed by atoms with Gasteiger partial charge in [0.2, 0.25) is 11.8 Å². The van der Waals surface area contributed by atoms with Crippen molar-refractivity contribution in [3.8, 4) is 5.75 Å². The number of amides is 4. The summed E-state index contributed by atoms with van der Waals surface area (Å²) in [6, 6.07) is 2.59. The fourth-order valence-corrected chi connectivity index (χ4v) is 4.49. The molecule has 2 rings (SSSR count). The van der Waals surface area contributed by atoms with E-state index in [9.17, 15) is 24.3 Å². The second-order valence-corrected chi connectivity index (χ2v) is 12.3. The summed E-state index contributed by atoms with van der Waals surface area (Å²) in [5.74, 6) is -1.49. The number of β-amino-alcohol motifs (C(OH)–C–C–N with tert-alkyl or cyclic N) is 1. The van der Waals surface area contributed by atoms with Crippen LogP contribution in [0, 0.1) is 5.92 Å². The van der Waals surface area contributed by atoms with E-state index < -0.39 is 35.5 Å². The van der Waals surface area contributed by atoms with Crippen LogP contribution in [0.3, 0.4) is 0 Å². The molecule has 1 aliphatic heterocycles. The van der Waals surface area contributed by atoms with Gasteiger partial charge in [0.05, 0.1) is 11.7 Å². The number of carbonyl (C=O) groups is 4. The molecule has 1 heterocycles. The lowest BCUT2D eigenvalue weighted by Gasteiger charge is -2.32. The number of aliphatic hydroxyl groups is 1. The highest BCUT2D eigenvalue weighted by molar-refractivity contribution is 6.31. The normalized spacial score (nSPS) is 18.2. The van der Waals surface area contributed by atoms with Gasteiger partial charge < -0.3 is 30.3 Å². The minimum Gasteiger partial charge on any atom is -0.483 e. The van der Waals surface area contributed by atoms with Crippen molar-refractivity contribution in [1.82, 2.24) is 20.4 Å². The number of nitrogens with one attached hydrogen (secondary N) is 2. The third-order valence-electron chi connectivity index (χ3n) is 6.34. The minimum atomic E-state index is -0.960. The molecule has 1 aliphatic rings. The number of rotatable bonds is 10. The summed E-state index contributed by atoms with van der Waals surface area (Å²) in [5, 5.41) is 16.2. The van der Waals surface area contributed by atoms with Gasteiger partial charge in [-0.15, -0.1) is 0 Å². The maximum Gasteiger partial charge on any atom is 0.258 e. The predicted octanol–water partition coefficient (Wildman–Crippen LogP) is 2.61. The fourth-order valence-electron chi connectivity index (χ4n) is 4.31. The Morgan fingerprint density at radius 2 is 1.82 bits per heavy atom. The van der Waals surface area contributed by atoms with Gasteiger partial charge >= 0.3 is 0 Å². The average molecular weight is 567 g/mol. The van der Waals surface area contributed by atoms with Crippen molar-refractivity contribution in [3.05, 3.63) is 28.8 Å². The molecular formula is C28H43ClN4O6. The lowest BCUT2D eigenvalue weighted by Crippen LogP contribution is -2.54. The number of carbonyl (C=O) groups excluding carboxylic acids is 4. The molecule has 0 radical (unpaired) electrons. The summed E-state index contributed by atoms with van der Waals surface area (Å²) in [7, 11) is 1.66. The van der Waals surface area contributed by atoms with Crippen LogP contribution in [0.4, 0.5) is 0 Å². The van der Waals surface area contributed by atoms with Gasteiger partial charge in [-0.2, -0.15) is 0 Å². The third kappa shape index (κ3) is 9.39. The monoisotopic (exact) mass is 566 g/mol. The van der Waals surface area contributed by atoms with Gasteiger partial charge in [-0.3, -0.25) is 19.2 Å². The molecule has 218 valence electrons. The van der Waals surface area contributed by atoms with Gasteiger partial charge in [0.15, 0.2) is 6.61 Å². The van der Waals surface area contributed by atoms with E-state index in [1.165, 1.54) is 17.0 Å². The quantitative estimate of drug-likeness (QED) is 0.399. The molecule has 0 unspecified atom stereocenters. The highest BCUT2D eigenvalue weighted by atomic mass is 35.5. The van der Waals surface area contributed by atoms with Gasteiger partial charge in [0, 0.05) is 36.6 Å². The van der Waals surface area contributed by atoms with Gasteiger partial charge in [-0.25, -0.2) is 0 Å². The Bertz CT molecular complexity index is 1050. The molecular weight excluding hydrogens is 524 g/mol. The number of benzene rings is 1. The van der Waals surface area contributed by atoms with Crippen LogP contribution in [0.25, 0.3) is 0 Å². The number of ether oxygens (including phenoxy) is 1. The molecule has 0 aromatic heterocycles. The van der Waals surface area contributed by atoms with Crippen molar-refractivity contribution >= 4 is 35.2 Å². The van der Waals surface area contributed by atoms with E-state index in [1.54, 1.807) is 18.0 Å². The summed E-state index contributed by atoms with van der Waals surface area (Å²) in [4.78, 5) is 55.4. The van der Waals surface area contributed by atoms with Crippen LogP contribution in [0.2, 0.25) is 5.02 Å². The molecule has 11 heteroatoms. The lowest BCUT2D eigenvalue weighted by molar-refractivity contribution is -0.145. The number of aliphatic hydroxyl groups excluding tert-OH is 1. The summed E-state index contributed by atoms with van der Waals surface area (Å²) in [6.07, 6.45) is -0.401. The Balaban J connectivity index is 2.28. The van der Waals surface area contributed by atoms with Gasteiger partial charge in [-0.05, 0) is 65.2 Å². The molecule has 0 bridgehead atoms. The first kappa shape index (κ1) is 32.4. The number of likely N-dealkylation sites (tertiary alicyclic amines) is 1. The smallest absolute Gasteiger partial charge is 0.258 e. The van der Waals surface area contributed by atoms with Crippen LogP contribution in [0.15, 0.2) is 18.2 Å². The molecule has 10 nitrogen and oxygen atoms in total. The third-order valence-corrected chi connectivity index (χ3v) is 6.57. The van der Waals surface area contributed by atoms with Gasteiger partial charge in [0.25, 0.3) is 11.8 Å². The zero-order chi connectivity index (χ0) is 29.7. The second kappa shape index (κ2) is 13.5. The molecule has 4 amide bonds. The largest absolute Gasteiger partial charge is 0.483 e.